The first-order valence-electron chi connectivity index (χ1n) is 6.56. The van der Waals surface area contributed by atoms with Crippen LogP contribution in [0.25, 0.3) is 0 Å². The third kappa shape index (κ3) is 7.49. The minimum absolute atomic E-state index is 0.221. The van der Waals surface area contributed by atoms with E-state index in [9.17, 15) is 18.0 Å². The third-order valence-corrected chi connectivity index (χ3v) is 3.07. The molecule has 0 unspecified atom stereocenters. The van der Waals surface area contributed by atoms with Gasteiger partial charge in [-0.05, 0) is 19.9 Å². The highest BCUT2D eigenvalue weighted by Crippen LogP contribution is 2.24. The summed E-state index contributed by atoms with van der Waals surface area (Å²) in [5, 5.41) is 0. The van der Waals surface area contributed by atoms with Crippen LogP contribution in [-0.2, 0) is 9.53 Å². The summed E-state index contributed by atoms with van der Waals surface area (Å²) in [6, 6.07) is 0.643. The molecule has 1 saturated carbocycles. The molecule has 0 aromatic carbocycles. The Hall–Kier alpha value is -1.08. The second-order valence-corrected chi connectivity index (χ2v) is 5.00. The maximum absolute atomic E-state index is 11.8. The lowest BCUT2D eigenvalue weighted by Gasteiger charge is -2.20. The number of hydrogen-bond acceptors (Lipinski definition) is 3. The largest absolute Gasteiger partial charge is 0.411 e. The Bertz CT molecular complexity index is 341. The average Bonchev–Trinajstić information content (AvgIpc) is 3.17. The van der Waals surface area contributed by atoms with Gasteiger partial charge in [0.1, 0.15) is 6.61 Å². The number of nitrogens with zero attached hydrogens (tertiary/aromatic N) is 2. The van der Waals surface area contributed by atoms with E-state index in [4.69, 9.17) is 0 Å². The fraction of sp³-hybridized carbons (Fsp3) is 0.769. The number of ether oxygens (including phenoxy) is 1. The maximum Gasteiger partial charge on any atom is 0.411 e. The second-order valence-electron chi connectivity index (χ2n) is 5.00. The number of alkyl halides is 3. The fourth-order valence-electron chi connectivity index (χ4n) is 1.63. The molecular formula is C13H21F3N2O2. The van der Waals surface area contributed by atoms with Gasteiger partial charge in [0.15, 0.2) is 0 Å². The van der Waals surface area contributed by atoms with Crippen LogP contribution in [0.1, 0.15) is 12.8 Å². The van der Waals surface area contributed by atoms with Crippen molar-refractivity contribution in [2.75, 3.05) is 40.4 Å². The number of likely N-dealkylation sites (N-methyl/N-ethyl adjacent to an activating group) is 2. The molecule has 20 heavy (non-hydrogen) atoms. The summed E-state index contributed by atoms with van der Waals surface area (Å²) in [7, 11) is 3.70. The lowest BCUT2D eigenvalue weighted by Crippen LogP contribution is -2.34. The first-order chi connectivity index (χ1) is 9.29. The highest BCUT2D eigenvalue weighted by atomic mass is 19.4. The zero-order valence-corrected chi connectivity index (χ0v) is 11.8. The molecule has 0 N–H and O–H groups in total. The van der Waals surface area contributed by atoms with E-state index in [0.29, 0.717) is 12.6 Å². The van der Waals surface area contributed by atoms with Gasteiger partial charge in [-0.2, -0.15) is 13.2 Å². The van der Waals surface area contributed by atoms with Gasteiger partial charge >= 0.3 is 6.18 Å². The average molecular weight is 294 g/mol. The first kappa shape index (κ1) is 17.0. The highest BCUT2D eigenvalue weighted by molar-refractivity contribution is 5.87. The van der Waals surface area contributed by atoms with Crippen LogP contribution in [-0.4, -0.2) is 68.3 Å². The van der Waals surface area contributed by atoms with E-state index in [1.165, 1.54) is 25.0 Å². The summed E-state index contributed by atoms with van der Waals surface area (Å²) in [6.07, 6.45) is 0.639. The highest BCUT2D eigenvalue weighted by Gasteiger charge is 2.27. The Balaban J connectivity index is 2.13. The summed E-state index contributed by atoms with van der Waals surface area (Å²) in [4.78, 5) is 15.4. The number of carbonyl (C=O) groups excluding carboxylic acids is 1. The topological polar surface area (TPSA) is 32.8 Å². The van der Waals surface area contributed by atoms with Crippen LogP contribution in [0.2, 0.25) is 0 Å². The van der Waals surface area contributed by atoms with Crippen molar-refractivity contribution in [2.45, 2.75) is 25.1 Å². The van der Waals surface area contributed by atoms with Crippen LogP contribution in [0.5, 0.6) is 0 Å². The second kappa shape index (κ2) is 7.64. The van der Waals surface area contributed by atoms with Gasteiger partial charge in [-0.15, -0.1) is 0 Å². The standard InChI is InChI=1S/C13H21F3N2O2/c1-17(11-5-6-11)7-8-18(2)12(19)4-3-9-20-10-13(14,15)16/h3-4,11H,5-10H2,1-2H3/b4-3+. The Kier molecular flexibility index (Phi) is 6.48. The summed E-state index contributed by atoms with van der Waals surface area (Å²) in [6.45, 7) is -0.125. The van der Waals surface area contributed by atoms with Crippen molar-refractivity contribution in [3.8, 4) is 0 Å². The molecule has 0 aliphatic heterocycles. The van der Waals surface area contributed by atoms with Crippen molar-refractivity contribution < 1.29 is 22.7 Å². The third-order valence-electron chi connectivity index (χ3n) is 3.07. The molecule has 0 spiro atoms. The Morgan fingerprint density at radius 3 is 2.50 bits per heavy atom. The molecule has 0 heterocycles. The summed E-state index contributed by atoms with van der Waals surface area (Å²) >= 11 is 0. The number of amides is 1. The van der Waals surface area contributed by atoms with E-state index in [0.717, 1.165) is 6.54 Å². The summed E-state index contributed by atoms with van der Waals surface area (Å²) in [5.41, 5.74) is 0. The van der Waals surface area contributed by atoms with Gasteiger partial charge in [0.2, 0.25) is 5.91 Å². The Morgan fingerprint density at radius 1 is 1.30 bits per heavy atom. The van der Waals surface area contributed by atoms with Crippen LogP contribution in [0.4, 0.5) is 13.2 Å². The minimum atomic E-state index is -4.33. The summed E-state index contributed by atoms with van der Waals surface area (Å²) < 4.78 is 39.7. The molecule has 4 nitrogen and oxygen atoms in total. The van der Waals surface area contributed by atoms with E-state index in [1.807, 2.05) is 7.05 Å². The molecule has 0 bridgehead atoms. The predicted octanol–water partition coefficient (Wildman–Crippen LogP) is 1.67. The molecule has 1 aliphatic carbocycles. The predicted molar refractivity (Wildman–Crippen MR) is 69.3 cm³/mol. The van der Waals surface area contributed by atoms with Gasteiger partial charge < -0.3 is 14.5 Å². The lowest BCUT2D eigenvalue weighted by molar-refractivity contribution is -0.171. The zero-order chi connectivity index (χ0) is 15.2. The number of halogens is 3. The van der Waals surface area contributed by atoms with E-state index in [2.05, 4.69) is 9.64 Å². The van der Waals surface area contributed by atoms with Gasteiger partial charge in [0, 0.05) is 32.3 Å². The van der Waals surface area contributed by atoms with Crippen molar-refractivity contribution in [3.63, 3.8) is 0 Å². The molecule has 1 amide bonds. The molecule has 1 aliphatic rings. The van der Waals surface area contributed by atoms with Crippen molar-refractivity contribution >= 4 is 5.91 Å². The van der Waals surface area contributed by atoms with E-state index >= 15 is 0 Å². The van der Waals surface area contributed by atoms with E-state index in [1.54, 1.807) is 11.9 Å². The number of carbonyl (C=O) groups is 1. The zero-order valence-electron chi connectivity index (χ0n) is 11.8. The molecular weight excluding hydrogens is 273 g/mol. The number of rotatable bonds is 8. The minimum Gasteiger partial charge on any atom is -0.368 e. The SMILES string of the molecule is CN(CCN(C)C1CC1)C(=O)/C=C/COCC(F)(F)F. The smallest absolute Gasteiger partial charge is 0.368 e. The van der Waals surface area contributed by atoms with Gasteiger partial charge in [0.05, 0.1) is 6.61 Å². The molecule has 0 saturated heterocycles. The normalized spacial score (nSPS) is 16.1. The molecule has 7 heteroatoms. The Morgan fingerprint density at radius 2 is 1.95 bits per heavy atom. The molecule has 1 fully saturated rings. The molecule has 1 rings (SSSR count). The molecule has 0 radical (unpaired) electrons. The van der Waals surface area contributed by atoms with Crippen molar-refractivity contribution in [1.29, 1.82) is 0 Å². The van der Waals surface area contributed by atoms with Crippen molar-refractivity contribution in [3.05, 3.63) is 12.2 Å². The molecule has 0 atom stereocenters. The van der Waals surface area contributed by atoms with Crippen molar-refractivity contribution in [2.24, 2.45) is 0 Å². The van der Waals surface area contributed by atoms with Gasteiger partial charge in [-0.25, -0.2) is 0 Å². The quantitative estimate of drug-likeness (QED) is 0.504. The van der Waals surface area contributed by atoms with Crippen molar-refractivity contribution in [1.82, 2.24) is 9.80 Å². The molecule has 116 valence electrons. The Labute approximate surface area is 117 Å². The molecule has 0 aromatic rings. The van der Waals surface area contributed by atoms with E-state index < -0.39 is 12.8 Å². The van der Waals surface area contributed by atoms with E-state index in [-0.39, 0.29) is 12.5 Å². The van der Waals surface area contributed by atoms with Gasteiger partial charge in [0.25, 0.3) is 0 Å². The maximum atomic E-state index is 11.8. The van der Waals surface area contributed by atoms with Gasteiger partial charge in [-0.1, -0.05) is 6.08 Å². The van der Waals surface area contributed by atoms with Gasteiger partial charge in [-0.3, -0.25) is 4.79 Å². The lowest BCUT2D eigenvalue weighted by atomic mass is 10.4. The summed E-state index contributed by atoms with van der Waals surface area (Å²) in [5.74, 6) is -0.232. The number of hydrogen-bond donors (Lipinski definition) is 0. The van der Waals surface area contributed by atoms with Crippen LogP contribution in [0.15, 0.2) is 12.2 Å². The van der Waals surface area contributed by atoms with Crippen LogP contribution in [0, 0.1) is 0 Å². The fourth-order valence-corrected chi connectivity index (χ4v) is 1.63. The van der Waals surface area contributed by atoms with Crippen LogP contribution < -0.4 is 0 Å². The molecule has 0 aromatic heterocycles. The first-order valence-corrected chi connectivity index (χ1v) is 6.56. The van der Waals surface area contributed by atoms with Crippen LogP contribution >= 0.6 is 0 Å². The monoisotopic (exact) mass is 294 g/mol. The van der Waals surface area contributed by atoms with Crippen LogP contribution in [0.3, 0.4) is 0 Å².